The first-order chi connectivity index (χ1) is 25.8. The van der Waals surface area contributed by atoms with Crippen LogP contribution in [0, 0.1) is 11.3 Å². The number of aromatic nitrogens is 4. The molecule has 7 aromatic carbocycles. The maximum Gasteiger partial charge on any atom is 0.166 e. The second-order valence-electron chi connectivity index (χ2n) is 13.1. The Balaban J connectivity index is 1.28. The molecule has 1 aliphatic rings. The van der Waals surface area contributed by atoms with Crippen molar-refractivity contribution in [2.75, 3.05) is 0 Å². The van der Waals surface area contributed by atoms with Gasteiger partial charge in [-0.25, -0.2) is 15.0 Å². The lowest BCUT2D eigenvalue weighted by atomic mass is 9.87. The van der Waals surface area contributed by atoms with Crippen molar-refractivity contribution in [2.24, 2.45) is 0 Å². The molecule has 1 unspecified atom stereocenters. The quantitative estimate of drug-likeness (QED) is 0.184. The number of nitrogens with zero attached hydrogens (tertiary/aromatic N) is 5. The highest BCUT2D eigenvalue weighted by atomic mass is 15.1. The monoisotopic (exact) mass is 663 g/mol. The molecule has 2 heterocycles. The van der Waals surface area contributed by atoms with Crippen molar-refractivity contribution >= 4 is 21.8 Å². The van der Waals surface area contributed by atoms with Crippen LogP contribution in [-0.2, 0) is 0 Å². The van der Waals surface area contributed by atoms with Gasteiger partial charge in [-0.05, 0) is 58.1 Å². The summed E-state index contributed by atoms with van der Waals surface area (Å²) in [5.74, 6) is 1.78. The van der Waals surface area contributed by atoms with Gasteiger partial charge in [0.1, 0.15) is 0 Å². The molecular formula is C47H29N5. The maximum absolute atomic E-state index is 10.2. The molecule has 1 atom stereocenters. The summed E-state index contributed by atoms with van der Waals surface area (Å²) in [5, 5.41) is 12.6. The van der Waals surface area contributed by atoms with Crippen molar-refractivity contribution in [1.29, 1.82) is 5.26 Å². The molecule has 0 saturated heterocycles. The van der Waals surface area contributed by atoms with E-state index in [1.807, 2.05) is 78.9 Å². The van der Waals surface area contributed by atoms with E-state index in [2.05, 4.69) is 102 Å². The van der Waals surface area contributed by atoms with Gasteiger partial charge >= 0.3 is 0 Å². The average molecular weight is 664 g/mol. The number of nitriles is 1. The molecule has 0 spiro atoms. The second-order valence-corrected chi connectivity index (χ2v) is 13.1. The normalized spacial score (nSPS) is 13.2. The Morgan fingerprint density at radius 3 is 1.81 bits per heavy atom. The minimum absolute atomic E-state index is 0.0747. The summed E-state index contributed by atoms with van der Waals surface area (Å²) in [7, 11) is 0. The molecule has 0 amide bonds. The third-order valence-electron chi connectivity index (χ3n) is 10.2. The second kappa shape index (κ2) is 12.0. The first-order valence-electron chi connectivity index (χ1n) is 17.4. The maximum atomic E-state index is 10.2. The molecule has 0 saturated carbocycles. The molecule has 52 heavy (non-hydrogen) atoms. The first kappa shape index (κ1) is 29.7. The van der Waals surface area contributed by atoms with Crippen LogP contribution in [-0.4, -0.2) is 19.5 Å². The molecule has 0 radical (unpaired) electrons. The summed E-state index contributed by atoms with van der Waals surface area (Å²) >= 11 is 0. The van der Waals surface area contributed by atoms with E-state index in [-0.39, 0.29) is 5.92 Å². The van der Waals surface area contributed by atoms with Crippen molar-refractivity contribution in [3.05, 3.63) is 192 Å². The van der Waals surface area contributed by atoms with Gasteiger partial charge in [0.15, 0.2) is 17.5 Å². The summed E-state index contributed by atoms with van der Waals surface area (Å²) in [5.41, 5.74) is 12.5. The Hall–Kier alpha value is -7.16. The van der Waals surface area contributed by atoms with Crippen molar-refractivity contribution in [3.8, 4) is 57.0 Å². The van der Waals surface area contributed by atoms with Crippen molar-refractivity contribution < 1.29 is 0 Å². The minimum Gasteiger partial charge on any atom is -0.308 e. The van der Waals surface area contributed by atoms with Gasteiger partial charge < -0.3 is 4.57 Å². The predicted octanol–water partition coefficient (Wildman–Crippen LogP) is 11.0. The number of fused-ring (bicyclic) bond motifs is 7. The lowest BCUT2D eigenvalue weighted by Gasteiger charge is -2.17. The number of rotatable bonds is 5. The number of hydrogen-bond acceptors (Lipinski definition) is 4. The molecule has 2 aromatic heterocycles. The van der Waals surface area contributed by atoms with Crippen LogP contribution in [0.1, 0.15) is 28.2 Å². The fraction of sp³-hybridized carbons (Fsp3) is 0.0213. The lowest BCUT2D eigenvalue weighted by molar-refractivity contribution is 1.03. The Kier molecular flexibility index (Phi) is 6.87. The van der Waals surface area contributed by atoms with E-state index in [0.717, 1.165) is 38.8 Å². The van der Waals surface area contributed by atoms with E-state index in [4.69, 9.17) is 15.0 Å². The fourth-order valence-electron chi connectivity index (χ4n) is 7.93. The van der Waals surface area contributed by atoms with Gasteiger partial charge in [0.25, 0.3) is 0 Å². The Bertz CT molecular complexity index is 2790. The zero-order valence-corrected chi connectivity index (χ0v) is 28.0. The standard InChI is InChI=1S/C47H29N5/c48-29-30-24-25-38(47-50-45(32-16-6-2-7-17-32)49-46(51-47)33-18-8-3-9-19-33)41(28-30)52-39-23-13-12-22-37(39)43-40(52)27-26-36-34-20-10-11-21-35(34)42(44(36)43)31-14-4-1-5-15-31/h1-28,42H. The van der Waals surface area contributed by atoms with Gasteiger partial charge in [-0.1, -0.05) is 140 Å². The number of hydrogen-bond donors (Lipinski definition) is 0. The van der Waals surface area contributed by atoms with E-state index in [1.165, 1.54) is 33.2 Å². The van der Waals surface area contributed by atoms with Crippen LogP contribution in [0.2, 0.25) is 0 Å². The molecule has 0 fully saturated rings. The zero-order chi connectivity index (χ0) is 34.6. The molecule has 5 heteroatoms. The molecule has 10 rings (SSSR count). The third-order valence-corrected chi connectivity index (χ3v) is 10.2. The van der Waals surface area contributed by atoms with Crippen LogP contribution in [0.3, 0.4) is 0 Å². The molecule has 5 nitrogen and oxygen atoms in total. The Morgan fingerprint density at radius 2 is 1.10 bits per heavy atom. The molecule has 0 N–H and O–H groups in total. The highest BCUT2D eigenvalue weighted by Gasteiger charge is 2.33. The molecule has 9 aromatic rings. The number of benzene rings is 7. The van der Waals surface area contributed by atoms with Crippen molar-refractivity contribution in [2.45, 2.75) is 5.92 Å². The van der Waals surface area contributed by atoms with Gasteiger partial charge in [0, 0.05) is 33.4 Å². The van der Waals surface area contributed by atoms with Crippen LogP contribution in [0.15, 0.2) is 170 Å². The Morgan fingerprint density at radius 1 is 0.500 bits per heavy atom. The van der Waals surface area contributed by atoms with Gasteiger partial charge in [-0.3, -0.25) is 0 Å². The average Bonchev–Trinajstić information content (AvgIpc) is 3.74. The van der Waals surface area contributed by atoms with E-state index in [0.29, 0.717) is 23.0 Å². The van der Waals surface area contributed by atoms with Gasteiger partial charge in [0.2, 0.25) is 0 Å². The van der Waals surface area contributed by atoms with Crippen LogP contribution in [0.5, 0.6) is 0 Å². The largest absolute Gasteiger partial charge is 0.308 e. The van der Waals surface area contributed by atoms with Gasteiger partial charge in [-0.15, -0.1) is 0 Å². The van der Waals surface area contributed by atoms with Crippen molar-refractivity contribution in [1.82, 2.24) is 19.5 Å². The SMILES string of the molecule is N#Cc1ccc(-c2nc(-c3ccccc3)nc(-c3ccccc3)n2)c(-n2c3ccccc3c3c4c(ccc32)-c2ccccc2C4c2ccccc2)c1. The topological polar surface area (TPSA) is 67.4 Å². The van der Waals surface area contributed by atoms with Crippen LogP contribution in [0.25, 0.3) is 72.8 Å². The minimum atomic E-state index is 0.0747. The molecule has 0 bridgehead atoms. The van der Waals surface area contributed by atoms with E-state index in [1.54, 1.807) is 0 Å². The molecule has 242 valence electrons. The molecule has 0 aliphatic heterocycles. The highest BCUT2D eigenvalue weighted by molar-refractivity contribution is 6.14. The Labute approximate surface area is 300 Å². The summed E-state index contributed by atoms with van der Waals surface area (Å²) in [6.07, 6.45) is 0. The van der Waals surface area contributed by atoms with E-state index < -0.39 is 0 Å². The summed E-state index contributed by atoms with van der Waals surface area (Å²) in [6.45, 7) is 0. The lowest BCUT2D eigenvalue weighted by Crippen LogP contribution is -2.04. The van der Waals surface area contributed by atoms with Gasteiger partial charge in [-0.2, -0.15) is 5.26 Å². The highest BCUT2D eigenvalue weighted by Crippen LogP contribution is 2.53. The molecule has 1 aliphatic carbocycles. The molecular weight excluding hydrogens is 635 g/mol. The first-order valence-corrected chi connectivity index (χ1v) is 17.4. The fourth-order valence-corrected chi connectivity index (χ4v) is 7.93. The van der Waals surface area contributed by atoms with Crippen LogP contribution < -0.4 is 0 Å². The number of para-hydroxylation sites is 1. The zero-order valence-electron chi connectivity index (χ0n) is 28.0. The summed E-state index contributed by atoms with van der Waals surface area (Å²) < 4.78 is 2.29. The van der Waals surface area contributed by atoms with E-state index >= 15 is 0 Å². The van der Waals surface area contributed by atoms with Crippen LogP contribution >= 0.6 is 0 Å². The summed E-state index contributed by atoms with van der Waals surface area (Å²) in [4.78, 5) is 15.1. The van der Waals surface area contributed by atoms with Crippen LogP contribution in [0.4, 0.5) is 0 Å². The summed E-state index contributed by atoms with van der Waals surface area (Å²) in [6, 6.07) is 60.9. The predicted molar refractivity (Wildman–Crippen MR) is 208 cm³/mol. The van der Waals surface area contributed by atoms with Gasteiger partial charge in [0.05, 0.1) is 28.4 Å². The van der Waals surface area contributed by atoms with E-state index in [9.17, 15) is 5.26 Å². The third kappa shape index (κ3) is 4.66. The smallest absolute Gasteiger partial charge is 0.166 e. The van der Waals surface area contributed by atoms with Crippen molar-refractivity contribution in [3.63, 3.8) is 0 Å².